The van der Waals surface area contributed by atoms with E-state index in [2.05, 4.69) is 20.2 Å². The summed E-state index contributed by atoms with van der Waals surface area (Å²) in [7, 11) is 1.63. The molecule has 0 atom stereocenters. The molecule has 3 heterocycles. The molecule has 10 heteroatoms. The van der Waals surface area contributed by atoms with Crippen LogP contribution in [0.25, 0.3) is 10.2 Å². The number of thiophene rings is 1. The molecule has 0 bridgehead atoms. The lowest BCUT2D eigenvalue weighted by molar-refractivity contribution is 0.0531. The van der Waals surface area contributed by atoms with E-state index in [0.717, 1.165) is 22.3 Å². The monoisotopic (exact) mass is 442 g/mol. The smallest absolute Gasteiger partial charge is 0.348 e. The summed E-state index contributed by atoms with van der Waals surface area (Å²) in [4.78, 5) is 22.1. The summed E-state index contributed by atoms with van der Waals surface area (Å²) in [6.45, 7) is 3.96. The minimum absolute atomic E-state index is 0.318. The lowest BCUT2D eigenvalue weighted by Crippen LogP contribution is -2.03. The Bertz CT molecular complexity index is 1190. The SMILES string of the molecule is CCOC(=O)c1sc2ncnc(Sc3nnc(Cc4ccc(OC)cc4)o3)c2c1C. The van der Waals surface area contributed by atoms with Gasteiger partial charge in [0.05, 0.1) is 20.1 Å². The fourth-order valence-electron chi connectivity index (χ4n) is 2.86. The molecule has 0 aliphatic carbocycles. The lowest BCUT2D eigenvalue weighted by atomic mass is 10.1. The van der Waals surface area contributed by atoms with Crippen LogP contribution in [0.3, 0.4) is 0 Å². The first-order valence-electron chi connectivity index (χ1n) is 9.13. The van der Waals surface area contributed by atoms with E-state index in [1.165, 1.54) is 29.4 Å². The van der Waals surface area contributed by atoms with Crippen molar-refractivity contribution in [1.82, 2.24) is 20.2 Å². The predicted molar refractivity (Wildman–Crippen MR) is 112 cm³/mol. The van der Waals surface area contributed by atoms with Crippen LogP contribution in [0.4, 0.5) is 0 Å². The van der Waals surface area contributed by atoms with E-state index in [-0.39, 0.29) is 5.97 Å². The molecule has 3 aromatic heterocycles. The Hall–Kier alpha value is -2.98. The number of carbonyl (C=O) groups is 1. The van der Waals surface area contributed by atoms with Gasteiger partial charge in [0.1, 0.15) is 26.8 Å². The van der Waals surface area contributed by atoms with Gasteiger partial charge >= 0.3 is 5.97 Å². The first kappa shape index (κ1) is 20.3. The number of fused-ring (bicyclic) bond motifs is 1. The van der Waals surface area contributed by atoms with Gasteiger partial charge in [-0.2, -0.15) is 0 Å². The third-order valence-electron chi connectivity index (χ3n) is 4.30. The highest BCUT2D eigenvalue weighted by Gasteiger charge is 2.21. The average Bonchev–Trinajstić information content (AvgIpc) is 3.33. The Labute approximate surface area is 180 Å². The van der Waals surface area contributed by atoms with Crippen LogP contribution in [0.15, 0.2) is 45.3 Å². The third kappa shape index (κ3) is 4.14. The van der Waals surface area contributed by atoms with E-state index in [9.17, 15) is 4.79 Å². The van der Waals surface area contributed by atoms with Crippen molar-refractivity contribution in [3.8, 4) is 5.75 Å². The van der Waals surface area contributed by atoms with Crippen molar-refractivity contribution in [2.24, 2.45) is 0 Å². The van der Waals surface area contributed by atoms with Gasteiger partial charge in [0.15, 0.2) is 0 Å². The number of hydrogen-bond donors (Lipinski definition) is 0. The molecule has 0 spiro atoms. The highest BCUT2D eigenvalue weighted by atomic mass is 32.2. The Morgan fingerprint density at radius 2 is 2.00 bits per heavy atom. The topological polar surface area (TPSA) is 100 Å². The average molecular weight is 443 g/mol. The summed E-state index contributed by atoms with van der Waals surface area (Å²) >= 11 is 2.54. The van der Waals surface area contributed by atoms with Gasteiger partial charge in [-0.1, -0.05) is 12.1 Å². The number of esters is 1. The van der Waals surface area contributed by atoms with Crippen LogP contribution in [-0.4, -0.2) is 39.9 Å². The molecule has 0 aliphatic rings. The molecule has 0 unspecified atom stereocenters. The molecular formula is C20H18N4O4S2. The van der Waals surface area contributed by atoms with Crippen LogP contribution >= 0.6 is 23.1 Å². The second-order valence-electron chi connectivity index (χ2n) is 6.22. The van der Waals surface area contributed by atoms with Crippen molar-refractivity contribution >= 4 is 39.3 Å². The Morgan fingerprint density at radius 3 is 2.73 bits per heavy atom. The zero-order valence-corrected chi connectivity index (χ0v) is 18.2. The quantitative estimate of drug-likeness (QED) is 0.306. The Balaban J connectivity index is 1.56. The fourth-order valence-corrected chi connectivity index (χ4v) is 4.80. The lowest BCUT2D eigenvalue weighted by Gasteiger charge is -2.01. The molecule has 8 nitrogen and oxygen atoms in total. The van der Waals surface area contributed by atoms with E-state index in [4.69, 9.17) is 13.9 Å². The van der Waals surface area contributed by atoms with E-state index >= 15 is 0 Å². The number of rotatable bonds is 7. The largest absolute Gasteiger partial charge is 0.497 e. The minimum atomic E-state index is -0.353. The van der Waals surface area contributed by atoms with Gasteiger partial charge in [0.2, 0.25) is 5.89 Å². The van der Waals surface area contributed by atoms with Crippen LogP contribution in [0.1, 0.15) is 33.6 Å². The molecular weight excluding hydrogens is 424 g/mol. The zero-order valence-electron chi connectivity index (χ0n) is 16.5. The summed E-state index contributed by atoms with van der Waals surface area (Å²) in [5.74, 6) is 0.942. The molecule has 4 rings (SSSR count). The number of aryl methyl sites for hydroxylation is 1. The molecule has 30 heavy (non-hydrogen) atoms. The molecule has 0 aliphatic heterocycles. The number of hydrogen-bond acceptors (Lipinski definition) is 10. The van der Waals surface area contributed by atoms with E-state index in [1.54, 1.807) is 14.0 Å². The van der Waals surface area contributed by atoms with Crippen molar-refractivity contribution in [3.63, 3.8) is 0 Å². The van der Waals surface area contributed by atoms with Crippen molar-refractivity contribution in [2.75, 3.05) is 13.7 Å². The van der Waals surface area contributed by atoms with Crippen LogP contribution in [-0.2, 0) is 11.2 Å². The number of aromatic nitrogens is 4. The molecule has 0 fully saturated rings. The van der Waals surface area contributed by atoms with Crippen molar-refractivity contribution in [2.45, 2.75) is 30.5 Å². The van der Waals surface area contributed by atoms with Gasteiger partial charge in [-0.15, -0.1) is 21.5 Å². The predicted octanol–water partition coefficient (Wildman–Crippen LogP) is 4.31. The maximum absolute atomic E-state index is 12.2. The second kappa shape index (κ2) is 8.80. The van der Waals surface area contributed by atoms with Crippen molar-refractivity contribution in [1.29, 1.82) is 0 Å². The van der Waals surface area contributed by atoms with Crippen molar-refractivity contribution < 1.29 is 18.7 Å². The third-order valence-corrected chi connectivity index (χ3v) is 6.32. The maximum atomic E-state index is 12.2. The van der Waals surface area contributed by atoms with Crippen LogP contribution in [0, 0.1) is 6.92 Å². The van der Waals surface area contributed by atoms with Crippen molar-refractivity contribution in [3.05, 3.63) is 52.5 Å². The number of benzene rings is 1. The summed E-state index contributed by atoms with van der Waals surface area (Å²) in [5.41, 5.74) is 1.82. The van der Waals surface area contributed by atoms with Gasteiger partial charge in [-0.3, -0.25) is 0 Å². The van der Waals surface area contributed by atoms with Crippen LogP contribution < -0.4 is 4.74 Å². The summed E-state index contributed by atoms with van der Waals surface area (Å²) in [6, 6.07) is 7.68. The normalized spacial score (nSPS) is 11.0. The number of carbonyl (C=O) groups excluding carboxylic acids is 1. The highest BCUT2D eigenvalue weighted by molar-refractivity contribution is 7.99. The van der Waals surface area contributed by atoms with Crippen LogP contribution in [0.2, 0.25) is 0 Å². The first-order valence-corrected chi connectivity index (χ1v) is 10.8. The highest BCUT2D eigenvalue weighted by Crippen LogP contribution is 2.37. The molecule has 154 valence electrons. The second-order valence-corrected chi connectivity index (χ2v) is 8.16. The maximum Gasteiger partial charge on any atom is 0.348 e. The molecule has 0 N–H and O–H groups in total. The van der Waals surface area contributed by atoms with Gasteiger partial charge < -0.3 is 13.9 Å². The molecule has 0 amide bonds. The minimum Gasteiger partial charge on any atom is -0.497 e. The molecule has 0 radical (unpaired) electrons. The fraction of sp³-hybridized carbons (Fsp3) is 0.250. The summed E-state index contributed by atoms with van der Waals surface area (Å²) < 4.78 is 16.1. The first-order chi connectivity index (χ1) is 14.6. The van der Waals surface area contributed by atoms with E-state index < -0.39 is 0 Å². The summed E-state index contributed by atoms with van der Waals surface area (Å²) in [5, 5.41) is 10.1. The molecule has 0 saturated heterocycles. The molecule has 1 aromatic carbocycles. The van der Waals surface area contributed by atoms with Gasteiger partial charge in [0, 0.05) is 5.39 Å². The zero-order chi connectivity index (χ0) is 21.1. The number of ether oxygens (including phenoxy) is 2. The number of methoxy groups -OCH3 is 1. The van der Waals surface area contributed by atoms with Gasteiger partial charge in [-0.05, 0) is 48.9 Å². The Morgan fingerprint density at radius 1 is 1.20 bits per heavy atom. The van der Waals surface area contributed by atoms with E-state index in [1.807, 2.05) is 31.2 Å². The van der Waals surface area contributed by atoms with Gasteiger partial charge in [-0.25, -0.2) is 14.8 Å². The standard InChI is InChI=1S/C20H18N4O4S2/c1-4-27-19(25)16-11(2)15-17(29-16)21-10-22-18(15)30-20-24-23-14(28-20)9-12-5-7-13(26-3)8-6-12/h5-8,10H,4,9H2,1-3H3. The van der Waals surface area contributed by atoms with E-state index in [0.29, 0.717) is 38.9 Å². The Kier molecular flexibility index (Phi) is 5.96. The summed E-state index contributed by atoms with van der Waals surface area (Å²) in [6.07, 6.45) is 1.98. The molecule has 4 aromatic rings. The molecule has 0 saturated carbocycles. The number of nitrogens with zero attached hydrogens (tertiary/aromatic N) is 4. The van der Waals surface area contributed by atoms with Crippen LogP contribution in [0.5, 0.6) is 5.75 Å². The van der Waals surface area contributed by atoms with Gasteiger partial charge in [0.25, 0.3) is 5.22 Å².